The SMILES string of the molecule is COc1ccccc1N1CCN(Cc2cc(=O)c(OC)c[nH]2)[C@H](C)C1. The standard InChI is InChI=1S/C19H25N3O3/c1-14-12-22(16-6-4-5-7-18(16)24-2)9-8-21(14)13-15-10-17(23)19(25-3)11-20-15/h4-7,10-11,14H,8-9,12-13H2,1-3H3,(H,20,23)/t14-/m1/s1. The van der Waals surface area contributed by atoms with Gasteiger partial charge in [-0.3, -0.25) is 9.69 Å². The lowest BCUT2D eigenvalue weighted by atomic mass is 10.1. The van der Waals surface area contributed by atoms with Crippen LogP contribution in [0.25, 0.3) is 0 Å². The molecule has 0 aliphatic carbocycles. The van der Waals surface area contributed by atoms with E-state index in [-0.39, 0.29) is 5.43 Å². The van der Waals surface area contributed by atoms with Crippen LogP contribution in [0, 0.1) is 0 Å². The molecule has 2 heterocycles. The van der Waals surface area contributed by atoms with Gasteiger partial charge in [0.1, 0.15) is 5.75 Å². The van der Waals surface area contributed by atoms with Gasteiger partial charge in [0.15, 0.2) is 5.75 Å². The first kappa shape index (κ1) is 17.4. The summed E-state index contributed by atoms with van der Waals surface area (Å²) in [5.74, 6) is 1.25. The van der Waals surface area contributed by atoms with Crippen LogP contribution >= 0.6 is 0 Å². The lowest BCUT2D eigenvalue weighted by Gasteiger charge is -2.41. The van der Waals surface area contributed by atoms with Crippen molar-refractivity contribution >= 4 is 5.69 Å². The maximum Gasteiger partial charge on any atom is 0.223 e. The Morgan fingerprint density at radius 2 is 1.92 bits per heavy atom. The summed E-state index contributed by atoms with van der Waals surface area (Å²) in [6, 6.07) is 10.1. The van der Waals surface area contributed by atoms with Crippen LogP contribution in [0.15, 0.2) is 41.3 Å². The van der Waals surface area contributed by atoms with Gasteiger partial charge in [0.05, 0.1) is 19.9 Å². The van der Waals surface area contributed by atoms with Gasteiger partial charge < -0.3 is 19.4 Å². The Morgan fingerprint density at radius 3 is 2.60 bits per heavy atom. The number of hydrogen-bond donors (Lipinski definition) is 1. The molecule has 1 aliphatic rings. The Bertz CT molecular complexity index is 775. The molecule has 2 aromatic rings. The number of nitrogens with one attached hydrogen (secondary N) is 1. The molecule has 1 aromatic heterocycles. The fourth-order valence-corrected chi connectivity index (χ4v) is 3.31. The van der Waals surface area contributed by atoms with E-state index < -0.39 is 0 Å². The van der Waals surface area contributed by atoms with Crippen LogP contribution in [0.5, 0.6) is 11.5 Å². The lowest BCUT2D eigenvalue weighted by Crippen LogP contribution is -2.51. The third kappa shape index (κ3) is 3.79. The average Bonchev–Trinajstić information content (AvgIpc) is 2.63. The molecule has 3 rings (SSSR count). The van der Waals surface area contributed by atoms with Crippen LogP contribution in [0.2, 0.25) is 0 Å². The first-order chi connectivity index (χ1) is 12.1. The molecule has 134 valence electrons. The normalized spacial score (nSPS) is 18.2. The molecule has 0 amide bonds. The number of nitrogens with zero attached hydrogens (tertiary/aromatic N) is 2. The zero-order valence-electron chi connectivity index (χ0n) is 15.0. The molecule has 1 saturated heterocycles. The van der Waals surface area contributed by atoms with Crippen molar-refractivity contribution in [3.63, 3.8) is 0 Å². The van der Waals surface area contributed by atoms with Gasteiger partial charge in [-0.05, 0) is 19.1 Å². The Balaban J connectivity index is 1.68. The van der Waals surface area contributed by atoms with E-state index in [0.29, 0.717) is 11.8 Å². The van der Waals surface area contributed by atoms with Crippen molar-refractivity contribution in [3.8, 4) is 11.5 Å². The highest BCUT2D eigenvalue weighted by Crippen LogP contribution is 2.29. The number of methoxy groups -OCH3 is 2. The molecule has 1 aliphatic heterocycles. The number of H-pyrrole nitrogens is 1. The minimum atomic E-state index is -0.0865. The van der Waals surface area contributed by atoms with Crippen molar-refractivity contribution in [3.05, 3.63) is 52.4 Å². The highest BCUT2D eigenvalue weighted by Gasteiger charge is 2.25. The summed E-state index contributed by atoms with van der Waals surface area (Å²) in [5.41, 5.74) is 1.95. The molecule has 0 radical (unpaired) electrons. The van der Waals surface area contributed by atoms with Gasteiger partial charge in [-0.2, -0.15) is 0 Å². The van der Waals surface area contributed by atoms with Gasteiger partial charge >= 0.3 is 0 Å². The fourth-order valence-electron chi connectivity index (χ4n) is 3.31. The smallest absolute Gasteiger partial charge is 0.223 e. The van der Waals surface area contributed by atoms with Crippen LogP contribution in [-0.4, -0.2) is 49.8 Å². The maximum atomic E-state index is 11.9. The molecule has 0 saturated carbocycles. The van der Waals surface area contributed by atoms with Crippen LogP contribution in [0.4, 0.5) is 5.69 Å². The van der Waals surface area contributed by atoms with Gasteiger partial charge in [-0.15, -0.1) is 0 Å². The second-order valence-electron chi connectivity index (χ2n) is 6.33. The largest absolute Gasteiger partial charge is 0.495 e. The predicted molar refractivity (Wildman–Crippen MR) is 98.7 cm³/mol. The number of para-hydroxylation sites is 2. The van der Waals surface area contributed by atoms with E-state index in [1.807, 2.05) is 18.2 Å². The van der Waals surface area contributed by atoms with Crippen molar-refractivity contribution in [2.75, 3.05) is 38.8 Å². The van der Waals surface area contributed by atoms with Crippen molar-refractivity contribution in [2.45, 2.75) is 19.5 Å². The van der Waals surface area contributed by atoms with Gasteiger partial charge in [0.25, 0.3) is 0 Å². The molecule has 0 bridgehead atoms. The molecule has 1 N–H and O–H groups in total. The molecule has 1 fully saturated rings. The van der Waals surface area contributed by atoms with Crippen LogP contribution < -0.4 is 19.8 Å². The molecule has 1 atom stereocenters. The predicted octanol–water partition coefficient (Wildman–Crippen LogP) is 2.10. The molecule has 6 heteroatoms. The number of benzene rings is 1. The summed E-state index contributed by atoms with van der Waals surface area (Å²) in [5, 5.41) is 0. The van der Waals surface area contributed by atoms with Crippen molar-refractivity contribution in [1.29, 1.82) is 0 Å². The van der Waals surface area contributed by atoms with Gasteiger partial charge in [0, 0.05) is 50.2 Å². The zero-order chi connectivity index (χ0) is 17.8. The van der Waals surface area contributed by atoms with E-state index in [9.17, 15) is 4.79 Å². The molecule has 6 nitrogen and oxygen atoms in total. The highest BCUT2D eigenvalue weighted by atomic mass is 16.5. The second kappa shape index (κ2) is 7.61. The van der Waals surface area contributed by atoms with Crippen LogP contribution in [-0.2, 0) is 6.54 Å². The first-order valence-corrected chi connectivity index (χ1v) is 8.50. The van der Waals surface area contributed by atoms with Gasteiger partial charge in [0.2, 0.25) is 5.43 Å². The monoisotopic (exact) mass is 343 g/mol. The number of rotatable bonds is 5. The minimum Gasteiger partial charge on any atom is -0.495 e. The number of piperazine rings is 1. The number of pyridine rings is 1. The van der Waals surface area contributed by atoms with Crippen molar-refractivity contribution in [2.24, 2.45) is 0 Å². The molecule has 25 heavy (non-hydrogen) atoms. The van der Waals surface area contributed by atoms with E-state index >= 15 is 0 Å². The van der Waals surface area contributed by atoms with Crippen LogP contribution in [0.3, 0.4) is 0 Å². The van der Waals surface area contributed by atoms with E-state index in [2.05, 4.69) is 27.8 Å². The number of aromatic amines is 1. The van der Waals surface area contributed by atoms with E-state index in [1.165, 1.54) is 7.11 Å². The van der Waals surface area contributed by atoms with Crippen molar-refractivity contribution < 1.29 is 9.47 Å². The van der Waals surface area contributed by atoms with Gasteiger partial charge in [-0.25, -0.2) is 0 Å². The third-order valence-corrected chi connectivity index (χ3v) is 4.72. The Kier molecular flexibility index (Phi) is 5.28. The van der Waals surface area contributed by atoms with E-state index in [4.69, 9.17) is 9.47 Å². The minimum absolute atomic E-state index is 0.0865. The first-order valence-electron chi connectivity index (χ1n) is 8.50. The Hall–Kier alpha value is -2.47. The number of ether oxygens (including phenoxy) is 2. The fraction of sp³-hybridized carbons (Fsp3) is 0.421. The second-order valence-corrected chi connectivity index (χ2v) is 6.33. The summed E-state index contributed by atoms with van der Waals surface area (Å²) < 4.78 is 10.5. The Labute approximate surface area is 148 Å². The quantitative estimate of drug-likeness (QED) is 0.901. The summed E-state index contributed by atoms with van der Waals surface area (Å²) in [7, 11) is 3.21. The molecular formula is C19H25N3O3. The van der Waals surface area contributed by atoms with Gasteiger partial charge in [-0.1, -0.05) is 12.1 Å². The third-order valence-electron chi connectivity index (χ3n) is 4.72. The van der Waals surface area contributed by atoms with Crippen LogP contribution in [0.1, 0.15) is 12.6 Å². The molecule has 1 aromatic carbocycles. The number of anilines is 1. The summed E-state index contributed by atoms with van der Waals surface area (Å²) >= 11 is 0. The lowest BCUT2D eigenvalue weighted by molar-refractivity contribution is 0.178. The molecule has 0 spiro atoms. The maximum absolute atomic E-state index is 11.9. The topological polar surface area (TPSA) is 57.8 Å². The van der Waals surface area contributed by atoms with E-state index in [0.717, 1.165) is 43.3 Å². The van der Waals surface area contributed by atoms with E-state index in [1.54, 1.807) is 19.4 Å². The number of hydrogen-bond acceptors (Lipinski definition) is 5. The summed E-state index contributed by atoms with van der Waals surface area (Å²) in [4.78, 5) is 19.8. The summed E-state index contributed by atoms with van der Waals surface area (Å²) in [6.45, 7) is 5.70. The number of aromatic nitrogens is 1. The zero-order valence-corrected chi connectivity index (χ0v) is 15.0. The molecular weight excluding hydrogens is 318 g/mol. The van der Waals surface area contributed by atoms with Crippen molar-refractivity contribution in [1.82, 2.24) is 9.88 Å². The molecule has 0 unspecified atom stereocenters. The average molecular weight is 343 g/mol. The highest BCUT2D eigenvalue weighted by molar-refractivity contribution is 5.58. The summed E-state index contributed by atoms with van der Waals surface area (Å²) in [6.07, 6.45) is 1.63. The Morgan fingerprint density at radius 1 is 1.16 bits per heavy atom.